The SMILES string of the molecule is CCn1cc(NC(=O)c2ccoc2[Si](C)(C)C)c(C#N)n1. The average molecular weight is 302 g/mol. The molecule has 2 heterocycles. The third-order valence-corrected chi connectivity index (χ3v) is 4.78. The summed E-state index contributed by atoms with van der Waals surface area (Å²) in [5.41, 5.74) is 1.16. The molecular weight excluding hydrogens is 284 g/mol. The fourth-order valence-corrected chi connectivity index (χ4v) is 3.44. The van der Waals surface area contributed by atoms with Crippen LogP contribution in [0.2, 0.25) is 19.6 Å². The third kappa shape index (κ3) is 3.06. The summed E-state index contributed by atoms with van der Waals surface area (Å²) in [6.07, 6.45) is 3.19. The highest BCUT2D eigenvalue weighted by molar-refractivity contribution is 6.88. The molecule has 0 radical (unpaired) electrons. The van der Waals surface area contributed by atoms with Gasteiger partial charge in [-0.2, -0.15) is 10.4 Å². The van der Waals surface area contributed by atoms with E-state index in [1.165, 1.54) is 6.26 Å². The van der Waals surface area contributed by atoms with Crippen LogP contribution in [-0.2, 0) is 6.54 Å². The van der Waals surface area contributed by atoms with E-state index in [1.807, 2.05) is 13.0 Å². The second-order valence-electron chi connectivity index (χ2n) is 5.73. The molecule has 0 saturated heterocycles. The molecule has 2 aromatic heterocycles. The molecule has 0 fully saturated rings. The van der Waals surface area contributed by atoms with Gasteiger partial charge in [-0.1, -0.05) is 19.6 Å². The first-order valence-corrected chi connectivity index (χ1v) is 10.2. The van der Waals surface area contributed by atoms with Crippen LogP contribution in [0.15, 0.2) is 22.9 Å². The van der Waals surface area contributed by atoms with Crippen molar-refractivity contribution in [3.63, 3.8) is 0 Å². The minimum atomic E-state index is -1.74. The largest absolute Gasteiger partial charge is 0.474 e. The number of carbonyl (C=O) groups excluding carboxylic acids is 1. The molecule has 7 heteroatoms. The van der Waals surface area contributed by atoms with Gasteiger partial charge in [-0.15, -0.1) is 0 Å². The predicted molar refractivity (Wildman–Crippen MR) is 82.3 cm³/mol. The van der Waals surface area contributed by atoms with Gasteiger partial charge in [0.15, 0.2) is 5.69 Å². The van der Waals surface area contributed by atoms with E-state index in [4.69, 9.17) is 9.68 Å². The monoisotopic (exact) mass is 302 g/mol. The van der Waals surface area contributed by atoms with Gasteiger partial charge in [-0.25, -0.2) is 0 Å². The Morgan fingerprint density at radius 3 is 2.81 bits per heavy atom. The van der Waals surface area contributed by atoms with Crippen LogP contribution in [0.25, 0.3) is 0 Å². The van der Waals surface area contributed by atoms with E-state index in [2.05, 4.69) is 30.1 Å². The van der Waals surface area contributed by atoms with Crippen molar-refractivity contribution in [3.05, 3.63) is 29.8 Å². The zero-order valence-electron chi connectivity index (χ0n) is 12.6. The van der Waals surface area contributed by atoms with Crippen LogP contribution in [0.5, 0.6) is 0 Å². The summed E-state index contributed by atoms with van der Waals surface area (Å²) in [4.78, 5) is 12.4. The number of hydrogen-bond acceptors (Lipinski definition) is 4. The normalized spacial score (nSPS) is 11.2. The van der Waals surface area contributed by atoms with Gasteiger partial charge in [-0.3, -0.25) is 9.48 Å². The molecule has 2 aromatic rings. The third-order valence-electron chi connectivity index (χ3n) is 3.03. The standard InChI is InChI=1S/C14H18N4O2Si/c1-5-18-9-12(11(8-15)17-18)16-13(19)10-6-7-20-14(10)21(2,3)4/h6-7,9H,5H2,1-4H3,(H,16,19). The number of nitrogens with one attached hydrogen (secondary N) is 1. The maximum absolute atomic E-state index is 12.4. The molecule has 0 atom stereocenters. The van der Waals surface area contributed by atoms with Crippen molar-refractivity contribution in [1.82, 2.24) is 9.78 Å². The van der Waals surface area contributed by atoms with E-state index in [0.29, 0.717) is 17.8 Å². The molecule has 0 aromatic carbocycles. The smallest absolute Gasteiger partial charge is 0.258 e. The van der Waals surface area contributed by atoms with Crippen LogP contribution in [-0.4, -0.2) is 23.8 Å². The highest BCUT2D eigenvalue weighted by Gasteiger charge is 2.27. The van der Waals surface area contributed by atoms with Crippen molar-refractivity contribution in [3.8, 4) is 6.07 Å². The Kier molecular flexibility index (Phi) is 4.00. The molecule has 0 spiro atoms. The van der Waals surface area contributed by atoms with Gasteiger partial charge in [-0.05, 0) is 13.0 Å². The highest BCUT2D eigenvalue weighted by Crippen LogP contribution is 2.15. The number of hydrogen-bond donors (Lipinski definition) is 1. The average Bonchev–Trinajstić information content (AvgIpc) is 3.04. The molecule has 1 amide bonds. The lowest BCUT2D eigenvalue weighted by molar-refractivity contribution is 0.102. The van der Waals surface area contributed by atoms with E-state index in [-0.39, 0.29) is 11.6 Å². The number of aromatic nitrogens is 2. The van der Waals surface area contributed by atoms with Gasteiger partial charge in [0.05, 0.1) is 22.9 Å². The zero-order valence-corrected chi connectivity index (χ0v) is 13.6. The number of furan rings is 1. The lowest BCUT2D eigenvalue weighted by atomic mass is 10.3. The lowest BCUT2D eigenvalue weighted by Gasteiger charge is -2.14. The van der Waals surface area contributed by atoms with Crippen LogP contribution in [0, 0.1) is 11.3 Å². The van der Waals surface area contributed by atoms with Gasteiger partial charge in [0.2, 0.25) is 0 Å². The van der Waals surface area contributed by atoms with Crippen LogP contribution < -0.4 is 10.7 Å². The van der Waals surface area contributed by atoms with Crippen LogP contribution in [0.4, 0.5) is 5.69 Å². The topological polar surface area (TPSA) is 83.9 Å². The summed E-state index contributed by atoms with van der Waals surface area (Å²) in [6, 6.07) is 3.65. The summed E-state index contributed by atoms with van der Waals surface area (Å²) in [5.74, 6) is -0.270. The molecule has 21 heavy (non-hydrogen) atoms. The quantitative estimate of drug-likeness (QED) is 0.877. The van der Waals surface area contributed by atoms with Crippen molar-refractivity contribution >= 4 is 25.1 Å². The second kappa shape index (κ2) is 5.58. The Bertz CT molecular complexity index is 703. The Labute approximate surface area is 124 Å². The number of nitriles is 1. The molecule has 0 unspecified atom stereocenters. The molecule has 0 bridgehead atoms. The predicted octanol–water partition coefficient (Wildman–Crippen LogP) is 2.17. The Morgan fingerprint density at radius 2 is 2.24 bits per heavy atom. The van der Waals surface area contributed by atoms with Crippen molar-refractivity contribution in [2.75, 3.05) is 5.32 Å². The van der Waals surface area contributed by atoms with Crippen molar-refractivity contribution in [1.29, 1.82) is 5.26 Å². The van der Waals surface area contributed by atoms with Crippen molar-refractivity contribution < 1.29 is 9.21 Å². The van der Waals surface area contributed by atoms with E-state index in [0.717, 1.165) is 5.38 Å². The van der Waals surface area contributed by atoms with E-state index >= 15 is 0 Å². The van der Waals surface area contributed by atoms with Crippen LogP contribution in [0.3, 0.4) is 0 Å². The Hall–Kier alpha value is -2.33. The Morgan fingerprint density at radius 1 is 1.52 bits per heavy atom. The van der Waals surface area contributed by atoms with Gasteiger partial charge in [0.25, 0.3) is 5.91 Å². The number of amides is 1. The highest BCUT2D eigenvalue weighted by atomic mass is 28.3. The minimum absolute atomic E-state index is 0.211. The van der Waals surface area contributed by atoms with Crippen LogP contribution in [0.1, 0.15) is 23.0 Å². The van der Waals surface area contributed by atoms with E-state index < -0.39 is 8.07 Å². The zero-order chi connectivity index (χ0) is 15.6. The summed E-state index contributed by atoms with van der Waals surface area (Å²) < 4.78 is 7.10. The second-order valence-corrected chi connectivity index (χ2v) is 10.7. The molecule has 110 valence electrons. The number of nitrogens with zero attached hydrogens (tertiary/aromatic N) is 3. The Balaban J connectivity index is 2.29. The van der Waals surface area contributed by atoms with Gasteiger partial charge in [0.1, 0.15) is 14.1 Å². The molecular formula is C14H18N4O2Si. The summed E-state index contributed by atoms with van der Waals surface area (Å²) in [5, 5.41) is 16.6. The molecule has 0 aliphatic rings. The number of anilines is 1. The summed E-state index contributed by atoms with van der Waals surface area (Å²) in [7, 11) is -1.74. The fraction of sp³-hybridized carbons (Fsp3) is 0.357. The maximum atomic E-state index is 12.4. The molecule has 0 saturated carbocycles. The molecule has 0 aliphatic heterocycles. The van der Waals surface area contributed by atoms with Crippen LogP contribution >= 0.6 is 0 Å². The molecule has 0 aliphatic carbocycles. The number of aryl methyl sites for hydroxylation is 1. The fourth-order valence-electron chi connectivity index (χ4n) is 2.02. The number of rotatable bonds is 4. The van der Waals surface area contributed by atoms with Crippen molar-refractivity contribution in [2.24, 2.45) is 0 Å². The van der Waals surface area contributed by atoms with E-state index in [1.54, 1.807) is 16.9 Å². The van der Waals surface area contributed by atoms with Crippen molar-refractivity contribution in [2.45, 2.75) is 33.1 Å². The molecule has 6 nitrogen and oxygen atoms in total. The minimum Gasteiger partial charge on any atom is -0.474 e. The first kappa shape index (κ1) is 15.1. The molecule has 1 N–H and O–H groups in total. The summed E-state index contributed by atoms with van der Waals surface area (Å²) >= 11 is 0. The van der Waals surface area contributed by atoms with Gasteiger partial charge >= 0.3 is 0 Å². The lowest BCUT2D eigenvalue weighted by Crippen LogP contribution is -2.40. The number of carbonyl (C=O) groups is 1. The summed E-state index contributed by atoms with van der Waals surface area (Å²) in [6.45, 7) is 8.88. The first-order valence-electron chi connectivity index (χ1n) is 6.73. The van der Waals surface area contributed by atoms with Gasteiger partial charge in [0, 0.05) is 12.7 Å². The maximum Gasteiger partial charge on any atom is 0.258 e. The van der Waals surface area contributed by atoms with E-state index in [9.17, 15) is 4.79 Å². The first-order chi connectivity index (χ1) is 9.86. The van der Waals surface area contributed by atoms with Gasteiger partial charge < -0.3 is 9.73 Å². The molecule has 2 rings (SSSR count).